The molecule has 12 heavy (non-hydrogen) atoms. The Balaban J connectivity index is 2.97. The second-order valence-corrected chi connectivity index (χ2v) is 3.91. The van der Waals surface area contributed by atoms with E-state index in [1.54, 1.807) is 6.26 Å². The Kier molecular flexibility index (Phi) is 1.75. The van der Waals surface area contributed by atoms with Gasteiger partial charge in [0.05, 0.1) is 9.83 Å². The second kappa shape index (κ2) is 2.65. The fourth-order valence-corrected chi connectivity index (χ4v) is 2.14. The van der Waals surface area contributed by atoms with Gasteiger partial charge in [-0.1, -0.05) is 0 Å². The van der Waals surface area contributed by atoms with E-state index in [1.165, 1.54) is 0 Å². The van der Waals surface area contributed by atoms with Gasteiger partial charge < -0.3 is 10.2 Å². The van der Waals surface area contributed by atoms with E-state index in [9.17, 15) is 0 Å². The summed E-state index contributed by atoms with van der Waals surface area (Å²) in [6.07, 6.45) is 1.67. The van der Waals surface area contributed by atoms with Crippen LogP contribution in [0.15, 0.2) is 22.8 Å². The van der Waals surface area contributed by atoms with Crippen molar-refractivity contribution in [3.05, 3.63) is 27.5 Å². The van der Waals surface area contributed by atoms with Crippen molar-refractivity contribution in [2.45, 2.75) is 6.92 Å². The zero-order valence-electron chi connectivity index (χ0n) is 6.60. The molecule has 0 bridgehead atoms. The maximum Gasteiger partial charge on any atom is 0.149 e. The van der Waals surface area contributed by atoms with Gasteiger partial charge in [-0.2, -0.15) is 0 Å². The molecule has 0 atom stereocenters. The first-order valence-corrected chi connectivity index (χ1v) is 4.70. The van der Waals surface area contributed by atoms with E-state index in [2.05, 4.69) is 22.6 Å². The number of aryl methyl sites for hydroxylation is 1. The number of rotatable bonds is 0. The molecule has 0 fully saturated rings. The molecule has 62 valence electrons. The monoisotopic (exact) mass is 273 g/mol. The number of anilines is 1. The van der Waals surface area contributed by atoms with Crippen molar-refractivity contribution >= 4 is 39.2 Å². The molecule has 0 spiro atoms. The van der Waals surface area contributed by atoms with E-state index in [0.717, 1.165) is 25.8 Å². The van der Waals surface area contributed by atoms with E-state index in [1.807, 2.05) is 19.1 Å². The summed E-state index contributed by atoms with van der Waals surface area (Å²) in [7, 11) is 0. The average molecular weight is 273 g/mol. The van der Waals surface area contributed by atoms with Crippen molar-refractivity contribution in [1.29, 1.82) is 0 Å². The van der Waals surface area contributed by atoms with Crippen LogP contribution in [0.1, 0.15) is 5.56 Å². The molecule has 0 radical (unpaired) electrons. The number of hydrogen-bond acceptors (Lipinski definition) is 2. The molecular weight excluding hydrogens is 265 g/mol. The molecule has 1 aromatic heterocycles. The Bertz CT molecular complexity index is 433. The van der Waals surface area contributed by atoms with Gasteiger partial charge in [0.25, 0.3) is 0 Å². The molecule has 2 aromatic rings. The van der Waals surface area contributed by atoms with Crippen LogP contribution < -0.4 is 5.73 Å². The summed E-state index contributed by atoms with van der Waals surface area (Å²) in [5.74, 6) is 0. The van der Waals surface area contributed by atoms with Gasteiger partial charge in [-0.15, -0.1) is 0 Å². The lowest BCUT2D eigenvalue weighted by Gasteiger charge is -2.01. The summed E-state index contributed by atoms with van der Waals surface area (Å²) >= 11 is 2.25. The van der Waals surface area contributed by atoms with Gasteiger partial charge in [0.2, 0.25) is 0 Å². The quantitative estimate of drug-likeness (QED) is 0.592. The highest BCUT2D eigenvalue weighted by Crippen LogP contribution is 2.29. The van der Waals surface area contributed by atoms with Crippen molar-refractivity contribution in [3.8, 4) is 0 Å². The third-order valence-electron chi connectivity index (χ3n) is 1.94. The highest BCUT2D eigenvalue weighted by Gasteiger charge is 2.07. The van der Waals surface area contributed by atoms with Crippen LogP contribution in [-0.4, -0.2) is 0 Å². The van der Waals surface area contributed by atoms with Crippen LogP contribution in [0.25, 0.3) is 11.0 Å². The summed E-state index contributed by atoms with van der Waals surface area (Å²) in [4.78, 5) is 0. The Labute approximate surface area is 83.9 Å². The minimum Gasteiger partial charge on any atom is -0.463 e. The van der Waals surface area contributed by atoms with Gasteiger partial charge in [-0.25, -0.2) is 0 Å². The predicted octanol–water partition coefficient (Wildman–Crippen LogP) is 2.93. The van der Waals surface area contributed by atoms with Crippen LogP contribution in [0.2, 0.25) is 0 Å². The van der Waals surface area contributed by atoms with Gasteiger partial charge >= 0.3 is 0 Å². The van der Waals surface area contributed by atoms with Gasteiger partial charge in [-0.05, 0) is 47.2 Å². The fourth-order valence-electron chi connectivity index (χ4n) is 1.25. The van der Waals surface area contributed by atoms with Crippen molar-refractivity contribution in [2.24, 2.45) is 0 Å². The molecule has 0 aliphatic carbocycles. The molecule has 1 heterocycles. The summed E-state index contributed by atoms with van der Waals surface area (Å²) < 4.78 is 6.41. The normalized spacial score (nSPS) is 10.8. The van der Waals surface area contributed by atoms with Crippen LogP contribution in [0.4, 0.5) is 5.69 Å². The first-order chi connectivity index (χ1) is 5.70. The number of halogens is 1. The van der Waals surface area contributed by atoms with Crippen LogP contribution in [-0.2, 0) is 0 Å². The molecule has 3 heteroatoms. The second-order valence-electron chi connectivity index (χ2n) is 2.75. The molecule has 0 unspecified atom stereocenters. The summed E-state index contributed by atoms with van der Waals surface area (Å²) in [5.41, 5.74) is 8.68. The lowest BCUT2D eigenvalue weighted by Crippen LogP contribution is -1.90. The van der Waals surface area contributed by atoms with E-state index < -0.39 is 0 Å². The zero-order valence-corrected chi connectivity index (χ0v) is 8.75. The van der Waals surface area contributed by atoms with Crippen molar-refractivity contribution in [1.82, 2.24) is 0 Å². The number of hydrogen-bond donors (Lipinski definition) is 1. The van der Waals surface area contributed by atoms with Crippen molar-refractivity contribution in [3.63, 3.8) is 0 Å². The van der Waals surface area contributed by atoms with Crippen LogP contribution in [0.5, 0.6) is 0 Å². The highest BCUT2D eigenvalue weighted by atomic mass is 127. The fraction of sp³-hybridized carbons (Fsp3) is 0.111. The molecule has 1 aromatic carbocycles. The minimum absolute atomic E-state index is 0.819. The Morgan fingerprint density at radius 1 is 1.50 bits per heavy atom. The smallest absolute Gasteiger partial charge is 0.149 e. The summed E-state index contributed by atoms with van der Waals surface area (Å²) in [5, 5.41) is 1.01. The van der Waals surface area contributed by atoms with Crippen molar-refractivity contribution in [2.75, 3.05) is 5.73 Å². The topological polar surface area (TPSA) is 39.2 Å². The number of benzene rings is 1. The third-order valence-corrected chi connectivity index (χ3v) is 2.74. The SMILES string of the molecule is Cc1cc(I)c2occc2c1N. The van der Waals surface area contributed by atoms with E-state index in [0.29, 0.717) is 0 Å². The number of furan rings is 1. The van der Waals surface area contributed by atoms with Gasteiger partial charge in [0.1, 0.15) is 5.58 Å². The molecule has 2 rings (SSSR count). The average Bonchev–Trinajstić information content (AvgIpc) is 2.48. The Morgan fingerprint density at radius 2 is 2.25 bits per heavy atom. The van der Waals surface area contributed by atoms with Crippen LogP contribution in [0, 0.1) is 10.5 Å². The van der Waals surface area contributed by atoms with Gasteiger partial charge in [-0.3, -0.25) is 0 Å². The van der Waals surface area contributed by atoms with E-state index in [-0.39, 0.29) is 0 Å². The standard InChI is InChI=1S/C9H8INO/c1-5-4-7(10)9-6(8(5)11)2-3-12-9/h2-4H,11H2,1H3. The first-order valence-electron chi connectivity index (χ1n) is 3.62. The van der Waals surface area contributed by atoms with Crippen LogP contribution >= 0.6 is 22.6 Å². The highest BCUT2D eigenvalue weighted by molar-refractivity contribution is 14.1. The Morgan fingerprint density at radius 3 is 3.00 bits per heavy atom. The first kappa shape index (κ1) is 7.91. The largest absolute Gasteiger partial charge is 0.463 e. The zero-order chi connectivity index (χ0) is 8.72. The lowest BCUT2D eigenvalue weighted by atomic mass is 10.1. The number of nitrogen functional groups attached to an aromatic ring is 1. The van der Waals surface area contributed by atoms with Crippen LogP contribution in [0.3, 0.4) is 0 Å². The third kappa shape index (κ3) is 0.998. The minimum atomic E-state index is 0.819. The maximum atomic E-state index is 5.87. The molecule has 2 N–H and O–H groups in total. The van der Waals surface area contributed by atoms with Gasteiger partial charge in [0, 0.05) is 11.1 Å². The van der Waals surface area contributed by atoms with Crippen molar-refractivity contribution < 1.29 is 4.42 Å². The molecule has 2 nitrogen and oxygen atoms in total. The van der Waals surface area contributed by atoms with E-state index >= 15 is 0 Å². The summed E-state index contributed by atoms with van der Waals surface area (Å²) in [6.45, 7) is 2.00. The Hall–Kier alpha value is -0.710. The summed E-state index contributed by atoms with van der Waals surface area (Å²) in [6, 6.07) is 3.93. The number of nitrogens with two attached hydrogens (primary N) is 1. The number of fused-ring (bicyclic) bond motifs is 1. The molecule has 0 saturated carbocycles. The molecule has 0 saturated heterocycles. The maximum absolute atomic E-state index is 5.87. The molecule has 0 aliphatic heterocycles. The molecule has 0 amide bonds. The molecule has 0 aliphatic rings. The van der Waals surface area contributed by atoms with E-state index in [4.69, 9.17) is 10.2 Å². The predicted molar refractivity (Wildman–Crippen MR) is 58.1 cm³/mol. The lowest BCUT2D eigenvalue weighted by molar-refractivity contribution is 0.614. The molecular formula is C9H8INO. The van der Waals surface area contributed by atoms with Gasteiger partial charge in [0.15, 0.2) is 0 Å².